The number of fused-ring (bicyclic) bond motifs is 1. The zero-order valence-corrected chi connectivity index (χ0v) is 15.5. The van der Waals surface area contributed by atoms with E-state index in [1.54, 1.807) is 0 Å². The monoisotopic (exact) mass is 344 g/mol. The first-order chi connectivity index (χ1) is 12.0. The van der Waals surface area contributed by atoms with Crippen LogP contribution in [0, 0.1) is 5.92 Å². The summed E-state index contributed by atoms with van der Waals surface area (Å²) >= 11 is 0. The molecule has 2 rings (SSSR count). The van der Waals surface area contributed by atoms with Crippen LogP contribution in [0.15, 0.2) is 30.5 Å². The predicted octanol–water partition coefficient (Wildman–Crippen LogP) is 3.76. The molecule has 1 amide bonds. The number of hydrogen-bond donors (Lipinski definition) is 1. The molecule has 0 saturated heterocycles. The van der Waals surface area contributed by atoms with Crippen LogP contribution in [-0.2, 0) is 16.1 Å². The van der Waals surface area contributed by atoms with E-state index in [9.17, 15) is 9.59 Å². The lowest BCUT2D eigenvalue weighted by Crippen LogP contribution is -2.45. The summed E-state index contributed by atoms with van der Waals surface area (Å²) in [7, 11) is 1.34. The number of nitrogens with zero attached hydrogens (tertiary/aromatic N) is 1. The number of para-hydroxylation sites is 1. The number of hydrogen-bond acceptors (Lipinski definition) is 3. The number of aromatic nitrogens is 1. The van der Waals surface area contributed by atoms with Gasteiger partial charge in [-0.15, -0.1) is 0 Å². The maximum atomic E-state index is 12.8. The van der Waals surface area contributed by atoms with Crippen LogP contribution in [-0.4, -0.2) is 29.6 Å². The summed E-state index contributed by atoms with van der Waals surface area (Å²) < 4.78 is 6.94. The van der Waals surface area contributed by atoms with Crippen LogP contribution in [0.25, 0.3) is 10.9 Å². The van der Waals surface area contributed by atoms with Gasteiger partial charge in [0.1, 0.15) is 6.04 Å². The van der Waals surface area contributed by atoms with Gasteiger partial charge in [0.15, 0.2) is 0 Å². The molecule has 0 aliphatic rings. The summed E-state index contributed by atoms with van der Waals surface area (Å²) in [4.78, 5) is 24.7. The van der Waals surface area contributed by atoms with Crippen LogP contribution in [0.2, 0.25) is 0 Å². The van der Waals surface area contributed by atoms with Gasteiger partial charge in [0.25, 0.3) is 5.91 Å². The highest BCUT2D eigenvalue weighted by Crippen LogP contribution is 2.22. The van der Waals surface area contributed by atoms with Crippen molar-refractivity contribution < 1.29 is 14.3 Å². The van der Waals surface area contributed by atoms with Gasteiger partial charge in [-0.05, 0) is 18.4 Å². The molecular weight excluding hydrogens is 316 g/mol. The van der Waals surface area contributed by atoms with Gasteiger partial charge in [0, 0.05) is 23.6 Å². The van der Waals surface area contributed by atoms with E-state index in [1.807, 2.05) is 44.3 Å². The number of methoxy groups -OCH3 is 1. The molecule has 0 radical (unpaired) electrons. The maximum absolute atomic E-state index is 12.8. The molecule has 1 atom stereocenters. The van der Waals surface area contributed by atoms with Gasteiger partial charge >= 0.3 is 5.97 Å². The Balaban J connectivity index is 2.29. The Bertz CT molecular complexity index is 734. The van der Waals surface area contributed by atoms with Crippen molar-refractivity contribution in [3.05, 3.63) is 36.0 Å². The van der Waals surface area contributed by atoms with Gasteiger partial charge in [-0.25, -0.2) is 4.79 Å². The van der Waals surface area contributed by atoms with Crippen molar-refractivity contribution in [3.63, 3.8) is 0 Å². The van der Waals surface area contributed by atoms with Crippen molar-refractivity contribution in [2.24, 2.45) is 5.92 Å². The summed E-state index contributed by atoms with van der Waals surface area (Å²) in [5.41, 5.74) is 1.64. The summed E-state index contributed by atoms with van der Waals surface area (Å²) in [6, 6.07) is 7.22. The Morgan fingerprint density at radius 2 is 1.92 bits per heavy atom. The molecule has 0 unspecified atom stereocenters. The third-order valence-corrected chi connectivity index (χ3v) is 4.44. The van der Waals surface area contributed by atoms with Gasteiger partial charge in [-0.1, -0.05) is 51.8 Å². The van der Waals surface area contributed by atoms with Crippen LogP contribution in [0.3, 0.4) is 0 Å². The van der Waals surface area contributed by atoms with Gasteiger partial charge in [0.05, 0.1) is 12.7 Å². The highest BCUT2D eigenvalue weighted by Gasteiger charge is 2.26. The molecule has 5 nitrogen and oxygen atoms in total. The van der Waals surface area contributed by atoms with E-state index in [2.05, 4.69) is 16.8 Å². The van der Waals surface area contributed by atoms with E-state index >= 15 is 0 Å². The number of nitrogens with one attached hydrogen (secondary N) is 1. The lowest BCUT2D eigenvalue weighted by Gasteiger charge is -2.19. The highest BCUT2D eigenvalue weighted by atomic mass is 16.5. The van der Waals surface area contributed by atoms with E-state index in [-0.39, 0.29) is 11.8 Å². The van der Waals surface area contributed by atoms with Gasteiger partial charge in [-0.2, -0.15) is 0 Å². The predicted molar refractivity (Wildman–Crippen MR) is 99.6 cm³/mol. The number of ether oxygens (including phenoxy) is 1. The number of aryl methyl sites for hydroxylation is 1. The van der Waals surface area contributed by atoms with Crippen molar-refractivity contribution in [2.75, 3.05) is 7.11 Å². The van der Waals surface area contributed by atoms with Crippen molar-refractivity contribution in [1.29, 1.82) is 0 Å². The fourth-order valence-electron chi connectivity index (χ4n) is 2.99. The Morgan fingerprint density at radius 1 is 1.20 bits per heavy atom. The second kappa shape index (κ2) is 8.70. The number of carbonyl (C=O) groups is 2. The number of unbranched alkanes of at least 4 members (excludes halogenated alkanes) is 2. The summed E-state index contributed by atoms with van der Waals surface area (Å²) in [6.45, 7) is 6.82. The van der Waals surface area contributed by atoms with Gasteiger partial charge in [-0.3, -0.25) is 4.79 Å². The molecule has 0 spiro atoms. The molecule has 1 aromatic carbocycles. The van der Waals surface area contributed by atoms with E-state index in [1.165, 1.54) is 7.11 Å². The minimum atomic E-state index is -0.653. The molecule has 1 heterocycles. The number of carbonyl (C=O) groups excluding carboxylic acids is 2. The SMILES string of the molecule is CCCCCn1cc(C(=O)N[C@H](C(=O)OC)C(C)C)c2ccccc21. The molecule has 2 aromatic rings. The normalized spacial score (nSPS) is 12.4. The van der Waals surface area contributed by atoms with E-state index in [0.29, 0.717) is 5.56 Å². The Morgan fingerprint density at radius 3 is 2.56 bits per heavy atom. The van der Waals surface area contributed by atoms with Crippen LogP contribution in [0.1, 0.15) is 50.4 Å². The fraction of sp³-hybridized carbons (Fsp3) is 0.500. The summed E-state index contributed by atoms with van der Waals surface area (Å²) in [5, 5.41) is 3.74. The first kappa shape index (κ1) is 19.0. The molecule has 136 valence electrons. The highest BCUT2D eigenvalue weighted by molar-refractivity contribution is 6.08. The van der Waals surface area contributed by atoms with Crippen LogP contribution in [0.5, 0.6) is 0 Å². The number of esters is 1. The van der Waals surface area contributed by atoms with Gasteiger partial charge in [0.2, 0.25) is 0 Å². The molecule has 5 heteroatoms. The molecule has 0 saturated carbocycles. The molecule has 25 heavy (non-hydrogen) atoms. The third kappa shape index (κ3) is 4.41. The summed E-state index contributed by atoms with van der Waals surface area (Å²) in [5.74, 6) is -0.709. The first-order valence-corrected chi connectivity index (χ1v) is 8.96. The zero-order chi connectivity index (χ0) is 18.4. The van der Waals surface area contributed by atoms with E-state index in [0.717, 1.165) is 36.7 Å². The Hall–Kier alpha value is -2.30. The second-order valence-corrected chi connectivity index (χ2v) is 6.68. The largest absolute Gasteiger partial charge is 0.467 e. The summed E-state index contributed by atoms with van der Waals surface area (Å²) in [6.07, 6.45) is 5.28. The van der Waals surface area contributed by atoms with E-state index < -0.39 is 12.0 Å². The Kier molecular flexibility index (Phi) is 6.62. The maximum Gasteiger partial charge on any atom is 0.328 e. The number of benzene rings is 1. The van der Waals surface area contributed by atoms with Crippen molar-refractivity contribution in [1.82, 2.24) is 9.88 Å². The van der Waals surface area contributed by atoms with Crippen molar-refractivity contribution in [2.45, 2.75) is 52.6 Å². The van der Waals surface area contributed by atoms with Gasteiger partial charge < -0.3 is 14.6 Å². The average molecular weight is 344 g/mol. The van der Waals surface area contributed by atoms with Crippen molar-refractivity contribution >= 4 is 22.8 Å². The third-order valence-electron chi connectivity index (χ3n) is 4.44. The number of amides is 1. The molecule has 0 bridgehead atoms. The van der Waals surface area contributed by atoms with Crippen LogP contribution >= 0.6 is 0 Å². The molecule has 0 fully saturated rings. The van der Waals surface area contributed by atoms with Crippen LogP contribution in [0.4, 0.5) is 0 Å². The minimum absolute atomic E-state index is 0.0469. The fourth-order valence-corrected chi connectivity index (χ4v) is 2.99. The zero-order valence-electron chi connectivity index (χ0n) is 15.5. The molecule has 1 aromatic heterocycles. The quantitative estimate of drug-likeness (QED) is 0.586. The second-order valence-electron chi connectivity index (χ2n) is 6.68. The number of rotatable bonds is 8. The molecular formula is C20H28N2O3. The molecule has 0 aliphatic carbocycles. The lowest BCUT2D eigenvalue weighted by atomic mass is 10.0. The average Bonchev–Trinajstić information content (AvgIpc) is 2.98. The van der Waals surface area contributed by atoms with Crippen LogP contribution < -0.4 is 5.32 Å². The standard InChI is InChI=1S/C20H28N2O3/c1-5-6-9-12-22-13-16(15-10-7-8-11-17(15)22)19(23)21-18(14(2)3)20(24)25-4/h7-8,10-11,13-14,18H,5-6,9,12H2,1-4H3,(H,21,23)/t18-/m0/s1. The van der Waals surface area contributed by atoms with Crippen molar-refractivity contribution in [3.8, 4) is 0 Å². The minimum Gasteiger partial charge on any atom is -0.467 e. The lowest BCUT2D eigenvalue weighted by molar-refractivity contribution is -0.144. The Labute approximate surface area is 149 Å². The topological polar surface area (TPSA) is 60.3 Å². The first-order valence-electron chi connectivity index (χ1n) is 8.96. The van der Waals surface area contributed by atoms with E-state index in [4.69, 9.17) is 4.74 Å². The smallest absolute Gasteiger partial charge is 0.328 e. The molecule has 0 aliphatic heterocycles. The molecule has 1 N–H and O–H groups in total.